The number of anilines is 1. The topological polar surface area (TPSA) is 115 Å². The fourth-order valence-electron chi connectivity index (χ4n) is 3.48. The number of piperidine rings is 1. The largest absolute Gasteiger partial charge is 0.495 e. The molecule has 1 unspecified atom stereocenters. The number of carbonyl (C=O) groups is 2. The second kappa shape index (κ2) is 9.33. The third-order valence-electron chi connectivity index (χ3n) is 5.14. The molecule has 0 radical (unpaired) electrons. The molecule has 0 spiro atoms. The van der Waals surface area contributed by atoms with Gasteiger partial charge in [0.15, 0.2) is 5.13 Å². The van der Waals surface area contributed by atoms with Crippen LogP contribution in [0.5, 0.6) is 5.75 Å². The molecule has 1 aliphatic rings. The minimum absolute atomic E-state index is 0.0537. The minimum atomic E-state index is -3.85. The summed E-state index contributed by atoms with van der Waals surface area (Å²) in [6.45, 7) is 3.94. The number of aromatic nitrogens is 1. The number of nitrogens with zero attached hydrogens (tertiary/aromatic N) is 2. The first-order valence-electron chi connectivity index (χ1n) is 9.76. The molecule has 0 saturated carbocycles. The highest BCUT2D eigenvalue weighted by molar-refractivity contribution is 7.89. The van der Waals surface area contributed by atoms with Crippen LogP contribution in [0.2, 0.25) is 0 Å². The predicted molar refractivity (Wildman–Crippen MR) is 116 cm³/mol. The van der Waals surface area contributed by atoms with Crippen LogP contribution in [0.3, 0.4) is 0 Å². The van der Waals surface area contributed by atoms with E-state index in [1.54, 1.807) is 6.92 Å². The van der Waals surface area contributed by atoms with Gasteiger partial charge in [0.05, 0.1) is 19.9 Å². The van der Waals surface area contributed by atoms with Gasteiger partial charge in [-0.3, -0.25) is 10.1 Å². The van der Waals surface area contributed by atoms with Gasteiger partial charge in [-0.15, -0.1) is 0 Å². The number of methoxy groups -OCH3 is 2. The van der Waals surface area contributed by atoms with E-state index >= 15 is 0 Å². The summed E-state index contributed by atoms with van der Waals surface area (Å²) in [7, 11) is -1.19. The Morgan fingerprint density at radius 2 is 2.00 bits per heavy atom. The molecule has 9 nitrogen and oxygen atoms in total. The van der Waals surface area contributed by atoms with E-state index in [-0.39, 0.29) is 32.3 Å². The van der Waals surface area contributed by atoms with Gasteiger partial charge < -0.3 is 9.47 Å². The lowest BCUT2D eigenvalue weighted by Gasteiger charge is -2.32. The SMILES string of the molecule is COC(=O)c1sc(NC(=O)c2ccc(OC)c(S(=O)(=O)N3CCCCC3C)c2)nc1C. The molecule has 1 aliphatic heterocycles. The van der Waals surface area contributed by atoms with Crippen LogP contribution in [0.4, 0.5) is 5.13 Å². The van der Waals surface area contributed by atoms with E-state index in [1.165, 1.54) is 36.7 Å². The molecule has 0 aliphatic carbocycles. The molecule has 1 N–H and O–H groups in total. The monoisotopic (exact) mass is 467 g/mol. The summed E-state index contributed by atoms with van der Waals surface area (Å²) in [5, 5.41) is 2.83. The standard InChI is InChI=1S/C20H25N3O6S2/c1-12-7-5-6-10-23(12)31(26,27)16-11-14(8-9-15(16)28-3)18(24)22-20-21-13(2)17(30-20)19(25)29-4/h8-9,11-12H,5-7,10H2,1-4H3,(H,21,22,24). The smallest absolute Gasteiger partial charge is 0.350 e. The summed E-state index contributed by atoms with van der Waals surface area (Å²) in [4.78, 5) is 28.9. The molecular weight excluding hydrogens is 442 g/mol. The van der Waals surface area contributed by atoms with E-state index in [9.17, 15) is 18.0 Å². The van der Waals surface area contributed by atoms with Gasteiger partial charge in [0.2, 0.25) is 10.0 Å². The maximum Gasteiger partial charge on any atom is 0.350 e. The normalized spacial score (nSPS) is 17.2. The number of esters is 1. The van der Waals surface area contributed by atoms with Gasteiger partial charge in [-0.25, -0.2) is 18.2 Å². The first-order valence-corrected chi connectivity index (χ1v) is 12.0. The van der Waals surface area contributed by atoms with Crippen LogP contribution in [0.25, 0.3) is 0 Å². The lowest BCUT2D eigenvalue weighted by molar-refractivity contribution is 0.0605. The van der Waals surface area contributed by atoms with Crippen molar-refractivity contribution in [2.24, 2.45) is 0 Å². The number of benzene rings is 1. The fourth-order valence-corrected chi connectivity index (χ4v) is 6.24. The summed E-state index contributed by atoms with van der Waals surface area (Å²) in [6.07, 6.45) is 2.55. The lowest BCUT2D eigenvalue weighted by atomic mass is 10.1. The Morgan fingerprint density at radius 1 is 1.26 bits per heavy atom. The van der Waals surface area contributed by atoms with Crippen molar-refractivity contribution in [2.75, 3.05) is 26.1 Å². The lowest BCUT2D eigenvalue weighted by Crippen LogP contribution is -2.42. The van der Waals surface area contributed by atoms with Crippen molar-refractivity contribution in [1.29, 1.82) is 0 Å². The quantitative estimate of drug-likeness (QED) is 0.649. The van der Waals surface area contributed by atoms with E-state index in [0.29, 0.717) is 12.2 Å². The van der Waals surface area contributed by atoms with Crippen LogP contribution in [0.15, 0.2) is 23.1 Å². The highest BCUT2D eigenvalue weighted by Gasteiger charge is 2.33. The molecular formula is C20H25N3O6S2. The molecule has 1 amide bonds. The summed E-state index contributed by atoms with van der Waals surface area (Å²) in [6, 6.07) is 4.13. The van der Waals surface area contributed by atoms with E-state index in [0.717, 1.165) is 30.6 Å². The number of amides is 1. The molecule has 1 aromatic carbocycles. The second-order valence-corrected chi connectivity index (χ2v) is 10.1. The number of nitrogens with one attached hydrogen (secondary N) is 1. The van der Waals surface area contributed by atoms with E-state index in [2.05, 4.69) is 10.3 Å². The highest BCUT2D eigenvalue weighted by Crippen LogP contribution is 2.32. The number of sulfonamides is 1. The summed E-state index contributed by atoms with van der Waals surface area (Å²) in [5.41, 5.74) is 0.570. The molecule has 2 heterocycles. The Bertz CT molecular complexity index is 1100. The summed E-state index contributed by atoms with van der Waals surface area (Å²) in [5.74, 6) is -0.910. The van der Waals surface area contributed by atoms with Gasteiger partial charge in [0, 0.05) is 18.2 Å². The zero-order valence-electron chi connectivity index (χ0n) is 17.8. The first-order chi connectivity index (χ1) is 14.7. The zero-order valence-corrected chi connectivity index (χ0v) is 19.4. The van der Waals surface area contributed by atoms with Crippen LogP contribution in [-0.2, 0) is 14.8 Å². The van der Waals surface area contributed by atoms with Gasteiger partial charge >= 0.3 is 5.97 Å². The molecule has 31 heavy (non-hydrogen) atoms. The fraction of sp³-hybridized carbons (Fsp3) is 0.450. The van der Waals surface area contributed by atoms with Crippen molar-refractivity contribution in [3.8, 4) is 5.75 Å². The average Bonchev–Trinajstić information content (AvgIpc) is 3.12. The molecule has 1 aromatic heterocycles. The van der Waals surface area contributed by atoms with Crippen LogP contribution in [0, 0.1) is 6.92 Å². The number of thiazole rings is 1. The Balaban J connectivity index is 1.91. The van der Waals surface area contributed by atoms with Gasteiger partial charge in [0.25, 0.3) is 5.91 Å². The molecule has 1 fully saturated rings. The molecule has 0 bridgehead atoms. The third kappa shape index (κ3) is 4.73. The number of aryl methyl sites for hydroxylation is 1. The van der Waals surface area contributed by atoms with Gasteiger partial charge in [-0.05, 0) is 44.9 Å². The number of carbonyl (C=O) groups excluding carboxylic acids is 2. The second-order valence-electron chi connectivity index (χ2n) is 7.21. The molecule has 2 aromatic rings. The van der Waals surface area contributed by atoms with Crippen LogP contribution >= 0.6 is 11.3 Å². The molecule has 1 atom stereocenters. The number of rotatable bonds is 6. The number of hydrogen-bond acceptors (Lipinski definition) is 8. The van der Waals surface area contributed by atoms with Crippen LogP contribution in [0.1, 0.15) is 51.9 Å². The van der Waals surface area contributed by atoms with E-state index < -0.39 is 21.9 Å². The van der Waals surface area contributed by atoms with Crippen LogP contribution < -0.4 is 10.1 Å². The Kier molecular flexibility index (Phi) is 6.97. The van der Waals surface area contributed by atoms with Crippen molar-refractivity contribution >= 4 is 38.4 Å². The van der Waals surface area contributed by atoms with Crippen molar-refractivity contribution in [2.45, 2.75) is 44.0 Å². The number of hydrogen-bond donors (Lipinski definition) is 1. The molecule has 1 saturated heterocycles. The zero-order chi connectivity index (χ0) is 22.8. The highest BCUT2D eigenvalue weighted by atomic mass is 32.2. The van der Waals surface area contributed by atoms with Gasteiger partial charge in [-0.2, -0.15) is 4.31 Å². The molecule has 168 valence electrons. The molecule has 11 heteroatoms. The summed E-state index contributed by atoms with van der Waals surface area (Å²) < 4.78 is 38.1. The van der Waals surface area contributed by atoms with Gasteiger partial charge in [-0.1, -0.05) is 17.8 Å². The predicted octanol–water partition coefficient (Wildman–Crippen LogP) is 3.06. The Labute approximate surface area is 185 Å². The van der Waals surface area contributed by atoms with E-state index in [4.69, 9.17) is 9.47 Å². The maximum absolute atomic E-state index is 13.3. The average molecular weight is 468 g/mol. The Hall–Kier alpha value is -2.50. The van der Waals surface area contributed by atoms with Crippen molar-refractivity contribution in [3.63, 3.8) is 0 Å². The van der Waals surface area contributed by atoms with Gasteiger partial charge in [0.1, 0.15) is 15.5 Å². The van der Waals surface area contributed by atoms with E-state index in [1.807, 2.05) is 6.92 Å². The Morgan fingerprint density at radius 3 is 2.65 bits per heavy atom. The van der Waals surface area contributed by atoms with Crippen molar-refractivity contribution < 1.29 is 27.5 Å². The number of ether oxygens (including phenoxy) is 2. The minimum Gasteiger partial charge on any atom is -0.495 e. The molecule has 3 rings (SSSR count). The van der Waals surface area contributed by atoms with Crippen molar-refractivity contribution in [1.82, 2.24) is 9.29 Å². The van der Waals surface area contributed by atoms with Crippen LogP contribution in [-0.4, -0.2) is 56.4 Å². The summed E-state index contributed by atoms with van der Waals surface area (Å²) >= 11 is 0.987. The third-order valence-corrected chi connectivity index (χ3v) is 8.23. The van der Waals surface area contributed by atoms with Crippen molar-refractivity contribution in [3.05, 3.63) is 34.3 Å². The maximum atomic E-state index is 13.3. The first kappa shape index (κ1) is 23.2.